The van der Waals surface area contributed by atoms with Crippen LogP contribution in [0.1, 0.15) is 19.8 Å². The number of aliphatic hydroxyl groups excluding tert-OH is 1. The molecule has 0 unspecified atom stereocenters. The number of rotatable bonds is 11. The summed E-state index contributed by atoms with van der Waals surface area (Å²) in [6.45, 7) is 1.90. The van der Waals surface area contributed by atoms with Crippen molar-refractivity contribution < 1.29 is 34.1 Å². The normalized spacial score (nSPS) is 25.6. The molecule has 3 atom stereocenters. The molecular formula is C30H30N2O7. The number of nitrogens with one attached hydrogen (secondary N) is 2. The molecule has 0 spiro atoms. The van der Waals surface area contributed by atoms with Crippen LogP contribution < -0.4 is 10.6 Å². The van der Waals surface area contributed by atoms with Gasteiger partial charge in [-0.1, -0.05) is 79.0 Å². The molecule has 1 fully saturated rings. The molecule has 1 aliphatic heterocycles. The predicted octanol–water partition coefficient (Wildman–Crippen LogP) is 2.79. The topological polar surface area (TPSA) is 145 Å². The van der Waals surface area contributed by atoms with E-state index in [1.165, 1.54) is 36.5 Å². The van der Waals surface area contributed by atoms with Gasteiger partial charge in [0, 0.05) is 25.0 Å². The first-order valence-corrected chi connectivity index (χ1v) is 12.3. The Morgan fingerprint density at radius 1 is 0.872 bits per heavy atom. The molecule has 0 saturated carbocycles. The Kier molecular flexibility index (Phi) is 10.3. The van der Waals surface area contributed by atoms with Gasteiger partial charge in [0.25, 0.3) is 0 Å². The molecule has 2 amide bonds. The lowest BCUT2D eigenvalue weighted by molar-refractivity contribution is -0.121. The van der Waals surface area contributed by atoms with Crippen molar-refractivity contribution in [2.24, 2.45) is 0 Å². The van der Waals surface area contributed by atoms with Gasteiger partial charge in [-0.15, -0.1) is 0 Å². The van der Waals surface area contributed by atoms with Gasteiger partial charge in [0.2, 0.25) is 17.6 Å². The fourth-order valence-corrected chi connectivity index (χ4v) is 3.69. The standard InChI is InChI=1S/C30H30N2O7/c1-2-3-4-5-6-9-12-15-24(35)31-21-20-30(38,29-28(39-29)27(21)37)19-14-11-8-7-10-13-16-25(36)32-26-22(33)17-18-23(26)34/h2-16,19-20,28-29,33,38H,17-18H2,1H3,(H,31,35)(H,32,36)/b3-2+,5-4+,9-6+,10-7+,11-8+,15-12+,16-13+,19-14+/t28-,29-,30+/m0/s1. The second-order valence-corrected chi connectivity index (χ2v) is 8.65. The molecule has 0 aromatic heterocycles. The summed E-state index contributed by atoms with van der Waals surface area (Å²) in [4.78, 5) is 48.0. The number of ether oxygens (including phenoxy) is 1. The quantitative estimate of drug-likeness (QED) is 0.183. The van der Waals surface area contributed by atoms with E-state index in [0.29, 0.717) is 0 Å². The van der Waals surface area contributed by atoms with E-state index in [9.17, 15) is 29.4 Å². The summed E-state index contributed by atoms with van der Waals surface area (Å²) in [5.41, 5.74) is -1.67. The maximum Gasteiger partial charge on any atom is 0.248 e. The van der Waals surface area contributed by atoms with Gasteiger partial charge in [0.1, 0.15) is 23.2 Å². The Balaban J connectivity index is 1.51. The highest BCUT2D eigenvalue weighted by atomic mass is 16.6. The highest BCUT2D eigenvalue weighted by molar-refractivity contribution is 6.06. The number of amides is 2. The average Bonchev–Trinajstić information content (AvgIpc) is 3.67. The van der Waals surface area contributed by atoms with Crippen molar-refractivity contribution in [2.45, 2.75) is 37.6 Å². The van der Waals surface area contributed by atoms with Gasteiger partial charge < -0.3 is 25.6 Å². The predicted molar refractivity (Wildman–Crippen MR) is 146 cm³/mol. The van der Waals surface area contributed by atoms with Crippen molar-refractivity contribution in [1.29, 1.82) is 0 Å². The van der Waals surface area contributed by atoms with E-state index in [0.717, 1.165) is 0 Å². The van der Waals surface area contributed by atoms with E-state index in [1.54, 1.807) is 48.6 Å². The summed E-state index contributed by atoms with van der Waals surface area (Å²) in [5, 5.41) is 25.4. The Morgan fingerprint density at radius 2 is 1.44 bits per heavy atom. The lowest BCUT2D eigenvalue weighted by Crippen LogP contribution is -2.42. The third-order valence-corrected chi connectivity index (χ3v) is 5.67. The number of allylic oxidation sites excluding steroid dienone is 15. The fraction of sp³-hybridized carbons (Fsp3) is 0.200. The zero-order valence-electron chi connectivity index (χ0n) is 21.3. The van der Waals surface area contributed by atoms with Crippen LogP contribution in [0.25, 0.3) is 0 Å². The Hall–Kier alpha value is -4.60. The molecule has 39 heavy (non-hydrogen) atoms. The molecule has 2 aliphatic carbocycles. The van der Waals surface area contributed by atoms with Crippen LogP contribution in [-0.4, -0.2) is 51.4 Å². The van der Waals surface area contributed by atoms with Crippen molar-refractivity contribution in [3.8, 4) is 0 Å². The van der Waals surface area contributed by atoms with Crippen LogP contribution in [0.15, 0.2) is 120 Å². The van der Waals surface area contributed by atoms with Crippen LogP contribution in [0.5, 0.6) is 0 Å². The maximum atomic E-state index is 12.4. The smallest absolute Gasteiger partial charge is 0.248 e. The zero-order valence-corrected chi connectivity index (χ0v) is 21.3. The first kappa shape index (κ1) is 29.0. The number of Topliss-reactive ketones (excluding diaryl/α,β-unsaturated/α-hetero) is 2. The molecule has 9 heteroatoms. The Bertz CT molecular complexity index is 1300. The number of fused-ring (bicyclic) bond motifs is 1. The summed E-state index contributed by atoms with van der Waals surface area (Å²) in [5.74, 6) is -1.87. The number of aliphatic hydroxyl groups is 2. The van der Waals surface area contributed by atoms with Gasteiger partial charge in [-0.25, -0.2) is 0 Å². The third-order valence-electron chi connectivity index (χ3n) is 5.67. The Labute approximate surface area is 226 Å². The van der Waals surface area contributed by atoms with Crippen molar-refractivity contribution in [3.05, 3.63) is 120 Å². The molecule has 202 valence electrons. The summed E-state index contributed by atoms with van der Waals surface area (Å²) in [7, 11) is 0. The highest BCUT2D eigenvalue weighted by Gasteiger charge is 2.59. The molecule has 3 rings (SSSR count). The largest absolute Gasteiger partial charge is 0.510 e. The highest BCUT2D eigenvalue weighted by Crippen LogP contribution is 2.40. The van der Waals surface area contributed by atoms with Crippen LogP contribution in [-0.2, 0) is 23.9 Å². The number of epoxide rings is 1. The second-order valence-electron chi connectivity index (χ2n) is 8.65. The Morgan fingerprint density at radius 3 is 2.03 bits per heavy atom. The lowest BCUT2D eigenvalue weighted by Gasteiger charge is -2.23. The maximum absolute atomic E-state index is 12.4. The molecule has 1 saturated heterocycles. The minimum Gasteiger partial charge on any atom is -0.510 e. The van der Waals surface area contributed by atoms with Crippen molar-refractivity contribution in [2.75, 3.05) is 0 Å². The monoisotopic (exact) mass is 530 g/mol. The van der Waals surface area contributed by atoms with Crippen molar-refractivity contribution in [3.63, 3.8) is 0 Å². The second kappa shape index (κ2) is 13.8. The van der Waals surface area contributed by atoms with Gasteiger partial charge in [-0.05, 0) is 19.1 Å². The SMILES string of the molecule is C/C=C/C=C/C=C/C=C/C(=O)NC1=C[C@](O)(/C=C/C=C/C=C/C=C/C(=O)NC2=C(O)CCC2=O)[C@H]2O[C@H]2C1=O. The summed E-state index contributed by atoms with van der Waals surface area (Å²) >= 11 is 0. The van der Waals surface area contributed by atoms with Crippen LogP contribution in [0.3, 0.4) is 0 Å². The average molecular weight is 531 g/mol. The molecule has 3 aliphatic rings. The van der Waals surface area contributed by atoms with Gasteiger partial charge in [-0.3, -0.25) is 19.2 Å². The van der Waals surface area contributed by atoms with Crippen molar-refractivity contribution in [1.82, 2.24) is 10.6 Å². The van der Waals surface area contributed by atoms with Crippen LogP contribution in [0, 0.1) is 0 Å². The number of hydrogen-bond donors (Lipinski definition) is 4. The van der Waals surface area contributed by atoms with Crippen LogP contribution >= 0.6 is 0 Å². The fourth-order valence-electron chi connectivity index (χ4n) is 3.69. The zero-order chi connectivity index (χ0) is 28.3. The first-order chi connectivity index (χ1) is 18.7. The molecule has 1 heterocycles. The minimum absolute atomic E-state index is 0.0387. The molecule has 9 nitrogen and oxygen atoms in total. The van der Waals surface area contributed by atoms with E-state index in [-0.39, 0.29) is 35.8 Å². The van der Waals surface area contributed by atoms with Crippen LogP contribution in [0.4, 0.5) is 0 Å². The summed E-state index contributed by atoms with van der Waals surface area (Å²) in [6.07, 6.45) is 26.0. The first-order valence-electron chi connectivity index (χ1n) is 12.3. The van der Waals surface area contributed by atoms with E-state index in [1.807, 2.05) is 25.2 Å². The molecule has 0 bridgehead atoms. The van der Waals surface area contributed by atoms with Gasteiger partial charge in [-0.2, -0.15) is 0 Å². The lowest BCUT2D eigenvalue weighted by atomic mass is 9.88. The summed E-state index contributed by atoms with van der Waals surface area (Å²) < 4.78 is 5.33. The van der Waals surface area contributed by atoms with Gasteiger partial charge in [0.15, 0.2) is 11.9 Å². The molecule has 0 aromatic carbocycles. The van der Waals surface area contributed by atoms with Gasteiger partial charge in [0.05, 0.1) is 5.70 Å². The van der Waals surface area contributed by atoms with Crippen LogP contribution in [0.2, 0.25) is 0 Å². The van der Waals surface area contributed by atoms with E-state index >= 15 is 0 Å². The van der Waals surface area contributed by atoms with Crippen molar-refractivity contribution >= 4 is 23.4 Å². The number of hydrogen-bond acceptors (Lipinski definition) is 7. The summed E-state index contributed by atoms with van der Waals surface area (Å²) in [6, 6.07) is 0. The van der Waals surface area contributed by atoms with E-state index in [2.05, 4.69) is 10.6 Å². The molecule has 0 aromatic rings. The molecular weight excluding hydrogens is 500 g/mol. The molecule has 0 radical (unpaired) electrons. The number of carbonyl (C=O) groups excluding carboxylic acids is 4. The number of carbonyl (C=O) groups is 4. The molecule has 4 N–H and O–H groups in total. The third kappa shape index (κ3) is 8.46. The van der Waals surface area contributed by atoms with E-state index < -0.39 is 35.4 Å². The number of ketones is 2. The van der Waals surface area contributed by atoms with Gasteiger partial charge >= 0.3 is 0 Å². The van der Waals surface area contributed by atoms with E-state index in [4.69, 9.17) is 4.74 Å². The minimum atomic E-state index is -1.58.